The summed E-state index contributed by atoms with van der Waals surface area (Å²) < 4.78 is 0. The molecule has 0 aliphatic heterocycles. The molecule has 0 radical (unpaired) electrons. The largest absolute Gasteiger partial charge is 0.390 e. The molecular formula is C23H33N3O2. The Morgan fingerprint density at radius 3 is 2.71 bits per heavy atom. The van der Waals surface area contributed by atoms with E-state index in [1.807, 2.05) is 6.92 Å². The smallest absolute Gasteiger partial charge is 0.159 e. The zero-order valence-electron chi connectivity index (χ0n) is 17.2. The van der Waals surface area contributed by atoms with Gasteiger partial charge in [-0.15, -0.1) is 0 Å². The summed E-state index contributed by atoms with van der Waals surface area (Å²) >= 11 is 0. The highest BCUT2D eigenvalue weighted by Gasteiger charge is 2.57. The van der Waals surface area contributed by atoms with Gasteiger partial charge >= 0.3 is 0 Å². The van der Waals surface area contributed by atoms with Crippen LogP contribution in [0.1, 0.15) is 65.2 Å². The molecule has 5 nitrogen and oxygen atoms in total. The van der Waals surface area contributed by atoms with Gasteiger partial charge in [0.15, 0.2) is 5.78 Å². The Balaban J connectivity index is 1.35. The van der Waals surface area contributed by atoms with Crippen molar-refractivity contribution in [1.29, 1.82) is 0 Å². The molecule has 28 heavy (non-hydrogen) atoms. The van der Waals surface area contributed by atoms with Crippen LogP contribution < -0.4 is 0 Å². The van der Waals surface area contributed by atoms with Gasteiger partial charge in [0.05, 0.1) is 18.0 Å². The molecule has 5 rings (SSSR count). The Hall–Kier alpha value is -1.49. The van der Waals surface area contributed by atoms with Gasteiger partial charge in [0, 0.05) is 5.92 Å². The molecule has 7 atom stereocenters. The zero-order valence-corrected chi connectivity index (χ0v) is 17.2. The molecule has 0 bridgehead atoms. The van der Waals surface area contributed by atoms with Crippen LogP contribution in [0.5, 0.6) is 0 Å². The van der Waals surface area contributed by atoms with E-state index in [0.717, 1.165) is 43.9 Å². The van der Waals surface area contributed by atoms with Crippen molar-refractivity contribution in [2.24, 2.45) is 35.0 Å². The van der Waals surface area contributed by atoms with Crippen LogP contribution in [0.4, 0.5) is 0 Å². The predicted molar refractivity (Wildman–Crippen MR) is 106 cm³/mol. The number of nitrogens with zero attached hydrogens (tertiary/aromatic N) is 3. The van der Waals surface area contributed by atoms with Crippen LogP contribution >= 0.6 is 0 Å². The number of aromatic nitrogens is 3. The van der Waals surface area contributed by atoms with Crippen LogP contribution in [0.25, 0.3) is 0 Å². The van der Waals surface area contributed by atoms with E-state index in [1.165, 1.54) is 29.6 Å². The molecule has 0 aromatic carbocycles. The molecule has 4 aliphatic carbocycles. The van der Waals surface area contributed by atoms with Crippen LogP contribution in [0.15, 0.2) is 24.0 Å². The van der Waals surface area contributed by atoms with Crippen molar-refractivity contribution in [3.8, 4) is 0 Å². The van der Waals surface area contributed by atoms with E-state index in [1.54, 1.807) is 12.4 Å². The van der Waals surface area contributed by atoms with Gasteiger partial charge < -0.3 is 5.11 Å². The van der Waals surface area contributed by atoms with Crippen LogP contribution in [0, 0.1) is 35.0 Å². The molecule has 1 heterocycles. The van der Waals surface area contributed by atoms with Crippen molar-refractivity contribution in [1.82, 2.24) is 15.0 Å². The van der Waals surface area contributed by atoms with E-state index in [-0.39, 0.29) is 11.3 Å². The fraction of sp³-hybridized carbons (Fsp3) is 0.783. The van der Waals surface area contributed by atoms with Gasteiger partial charge in [0.1, 0.15) is 6.54 Å². The first-order chi connectivity index (χ1) is 13.4. The number of rotatable bonds is 3. The Kier molecular flexibility index (Phi) is 4.31. The molecule has 0 saturated heterocycles. The monoisotopic (exact) mass is 383 g/mol. The molecule has 5 heteroatoms. The van der Waals surface area contributed by atoms with Crippen LogP contribution in [0.2, 0.25) is 0 Å². The Morgan fingerprint density at radius 2 is 1.93 bits per heavy atom. The Bertz CT molecular complexity index is 784. The third-order valence-corrected chi connectivity index (χ3v) is 8.87. The average molecular weight is 384 g/mol. The van der Waals surface area contributed by atoms with Crippen molar-refractivity contribution in [3.63, 3.8) is 0 Å². The maximum atomic E-state index is 13.1. The minimum absolute atomic E-state index is 0.136. The second-order valence-corrected chi connectivity index (χ2v) is 10.5. The zero-order chi connectivity index (χ0) is 19.5. The normalized spacial score (nSPS) is 45.0. The lowest BCUT2D eigenvalue weighted by molar-refractivity contribution is -0.130. The lowest BCUT2D eigenvalue weighted by Gasteiger charge is -2.54. The van der Waals surface area contributed by atoms with E-state index < -0.39 is 5.60 Å². The van der Waals surface area contributed by atoms with Gasteiger partial charge in [-0.25, -0.2) is 0 Å². The molecule has 0 amide bonds. The summed E-state index contributed by atoms with van der Waals surface area (Å²) in [7, 11) is 0. The predicted octanol–water partition coefficient (Wildman–Crippen LogP) is 3.79. The number of carbonyl (C=O) groups is 1. The molecule has 0 spiro atoms. The molecule has 1 unspecified atom stereocenters. The highest BCUT2D eigenvalue weighted by molar-refractivity contribution is 5.82. The molecule has 4 aliphatic rings. The maximum Gasteiger partial charge on any atom is 0.159 e. The van der Waals surface area contributed by atoms with E-state index in [0.29, 0.717) is 24.2 Å². The number of hydrogen-bond acceptors (Lipinski definition) is 4. The molecular weight excluding hydrogens is 350 g/mol. The van der Waals surface area contributed by atoms with Crippen molar-refractivity contribution in [2.75, 3.05) is 0 Å². The Morgan fingerprint density at radius 1 is 1.14 bits per heavy atom. The molecule has 152 valence electrons. The first kappa shape index (κ1) is 18.5. The Labute approximate surface area is 167 Å². The standard InChI is InChI=1S/C23H33N3O2/c1-22(28)9-7-16-15(13-22)3-4-18-17(16)8-10-23(2)19(18)5-6-20(23)21(27)14-26-24-11-12-25-26/h3,11-12,16-20,28H,4-10,13-14H2,1-2H3/t16-,17+,18?,19-,20+,22+,23-/m0/s1. The lowest BCUT2D eigenvalue weighted by Crippen LogP contribution is -2.48. The second-order valence-electron chi connectivity index (χ2n) is 10.5. The average Bonchev–Trinajstić information content (AvgIpc) is 3.27. The highest BCUT2D eigenvalue weighted by atomic mass is 16.3. The lowest BCUT2D eigenvalue weighted by atomic mass is 9.51. The van der Waals surface area contributed by atoms with Crippen molar-refractivity contribution >= 4 is 5.78 Å². The van der Waals surface area contributed by atoms with E-state index in [2.05, 4.69) is 23.2 Å². The number of ketones is 1. The minimum Gasteiger partial charge on any atom is -0.390 e. The van der Waals surface area contributed by atoms with Gasteiger partial charge in [-0.1, -0.05) is 18.6 Å². The summed E-state index contributed by atoms with van der Waals surface area (Å²) in [5.41, 5.74) is 1.15. The van der Waals surface area contributed by atoms with Gasteiger partial charge in [-0.3, -0.25) is 4.79 Å². The van der Waals surface area contributed by atoms with Crippen LogP contribution in [0.3, 0.4) is 0 Å². The fourth-order valence-electron chi connectivity index (χ4n) is 7.57. The van der Waals surface area contributed by atoms with Gasteiger partial charge in [-0.2, -0.15) is 15.0 Å². The molecule has 1 N–H and O–H groups in total. The third-order valence-electron chi connectivity index (χ3n) is 8.87. The van der Waals surface area contributed by atoms with Crippen LogP contribution in [-0.4, -0.2) is 31.5 Å². The number of carbonyl (C=O) groups excluding carboxylic acids is 1. The molecule has 1 aromatic heterocycles. The number of allylic oxidation sites excluding steroid dienone is 1. The minimum atomic E-state index is -0.510. The van der Waals surface area contributed by atoms with Crippen molar-refractivity contribution < 1.29 is 9.90 Å². The fourth-order valence-corrected chi connectivity index (χ4v) is 7.57. The molecule has 3 fully saturated rings. The van der Waals surface area contributed by atoms with Gasteiger partial charge in [0.25, 0.3) is 0 Å². The van der Waals surface area contributed by atoms with Crippen molar-refractivity contribution in [2.45, 2.75) is 77.4 Å². The summed E-state index contributed by atoms with van der Waals surface area (Å²) in [6, 6.07) is 0. The first-order valence-electron chi connectivity index (χ1n) is 11.2. The first-order valence-corrected chi connectivity index (χ1v) is 11.2. The highest BCUT2D eigenvalue weighted by Crippen LogP contribution is 2.63. The number of fused-ring (bicyclic) bond motifs is 5. The quantitative estimate of drug-likeness (QED) is 0.807. The summed E-state index contributed by atoms with van der Waals surface area (Å²) in [5.74, 6) is 3.28. The summed E-state index contributed by atoms with van der Waals surface area (Å²) in [5, 5.41) is 18.8. The summed E-state index contributed by atoms with van der Waals surface area (Å²) in [6.45, 7) is 4.70. The molecule has 1 aromatic rings. The third kappa shape index (κ3) is 2.89. The number of Topliss-reactive ketones (excluding diaryl/α,β-unsaturated/α-hetero) is 1. The summed E-state index contributed by atoms with van der Waals surface area (Å²) in [6.07, 6.45) is 14.5. The number of hydrogen-bond donors (Lipinski definition) is 1. The van der Waals surface area contributed by atoms with Crippen LogP contribution in [-0.2, 0) is 11.3 Å². The van der Waals surface area contributed by atoms with E-state index >= 15 is 0 Å². The van der Waals surface area contributed by atoms with Gasteiger partial charge in [0.2, 0.25) is 0 Å². The topological polar surface area (TPSA) is 68.0 Å². The molecule has 3 saturated carbocycles. The van der Waals surface area contributed by atoms with Crippen molar-refractivity contribution in [3.05, 3.63) is 24.0 Å². The van der Waals surface area contributed by atoms with E-state index in [4.69, 9.17) is 0 Å². The number of aliphatic hydroxyl groups is 1. The van der Waals surface area contributed by atoms with Gasteiger partial charge in [-0.05, 0) is 87.4 Å². The SMILES string of the molecule is C[C@@]1(O)CC[C@H]2C(=CCC3[C@@H]2CC[C@]2(C)[C@@H](C(=O)Cn4nccn4)CC[C@@H]32)C1. The van der Waals surface area contributed by atoms with E-state index in [9.17, 15) is 9.90 Å². The maximum absolute atomic E-state index is 13.1. The summed E-state index contributed by atoms with van der Waals surface area (Å²) in [4.78, 5) is 14.6. The second kappa shape index (κ2) is 6.51.